The molecule has 0 bridgehead atoms. The number of carbonyl (C=O) groups is 1. The lowest BCUT2D eigenvalue weighted by Gasteiger charge is -2.10. The summed E-state index contributed by atoms with van der Waals surface area (Å²) in [6.45, 7) is 1.71. The molecule has 1 aliphatic heterocycles. The molecular weight excluding hydrogens is 301 g/mol. The van der Waals surface area contributed by atoms with Crippen LogP contribution in [0, 0.1) is 12.3 Å². The minimum Gasteiger partial charge on any atom is -0.479 e. The van der Waals surface area contributed by atoms with E-state index in [2.05, 4.69) is 15.9 Å². The van der Waals surface area contributed by atoms with E-state index in [1.165, 1.54) is 6.07 Å². The molecule has 0 unspecified atom stereocenters. The molecular formula is C14H9Cl2NO3. The van der Waals surface area contributed by atoms with Gasteiger partial charge in [-0.2, -0.15) is 0 Å². The number of terminal acetylenes is 1. The molecule has 0 aromatic heterocycles. The van der Waals surface area contributed by atoms with Crippen LogP contribution in [0.2, 0.25) is 10.0 Å². The minimum absolute atomic E-state index is 0.0506. The third-order valence-electron chi connectivity index (χ3n) is 2.51. The molecule has 0 N–H and O–H groups in total. The molecule has 0 atom stereocenters. The summed E-state index contributed by atoms with van der Waals surface area (Å²) in [4.78, 5) is 16.1. The summed E-state index contributed by atoms with van der Waals surface area (Å²) in [6.07, 6.45) is 6.71. The van der Waals surface area contributed by atoms with Gasteiger partial charge in [0.15, 0.2) is 0 Å². The van der Waals surface area contributed by atoms with E-state index in [4.69, 9.17) is 34.4 Å². The Labute approximate surface area is 125 Å². The molecule has 102 valence electrons. The Bertz CT molecular complexity index is 672. The summed E-state index contributed by atoms with van der Waals surface area (Å²) in [5, 5.41) is 4.31. The van der Waals surface area contributed by atoms with Crippen LogP contribution in [-0.4, -0.2) is 18.3 Å². The van der Waals surface area contributed by atoms with Crippen molar-refractivity contribution in [2.45, 2.75) is 6.92 Å². The first-order valence-corrected chi connectivity index (χ1v) is 6.32. The van der Waals surface area contributed by atoms with Gasteiger partial charge in [-0.15, -0.1) is 6.42 Å². The predicted molar refractivity (Wildman–Crippen MR) is 78.0 cm³/mol. The van der Waals surface area contributed by atoms with E-state index in [0.29, 0.717) is 32.6 Å². The standard InChI is InChI=1S/C14H9Cl2NO3/c1-3-4-19-13-9(5-10(15)7-12(13)16)6-11-8(2)17-20-14(11)18/h1,5-7H,4H2,2H3/b11-6-. The molecule has 1 aromatic rings. The van der Waals surface area contributed by atoms with Crippen molar-refractivity contribution in [2.24, 2.45) is 5.16 Å². The molecule has 6 heteroatoms. The highest BCUT2D eigenvalue weighted by atomic mass is 35.5. The molecule has 1 aliphatic rings. The molecule has 0 saturated carbocycles. The SMILES string of the molecule is C#CCOc1c(Cl)cc(Cl)cc1/C=C1\C(=O)ON=C1C. The molecule has 20 heavy (non-hydrogen) atoms. The van der Waals surface area contributed by atoms with Crippen molar-refractivity contribution in [1.29, 1.82) is 0 Å². The zero-order chi connectivity index (χ0) is 14.7. The summed E-state index contributed by atoms with van der Waals surface area (Å²) in [5.74, 6) is 2.16. The van der Waals surface area contributed by atoms with E-state index < -0.39 is 5.97 Å². The number of hydrogen-bond acceptors (Lipinski definition) is 4. The number of benzene rings is 1. The highest BCUT2D eigenvalue weighted by molar-refractivity contribution is 6.36. The van der Waals surface area contributed by atoms with Crippen molar-refractivity contribution in [3.05, 3.63) is 33.3 Å². The monoisotopic (exact) mass is 309 g/mol. The molecule has 0 aliphatic carbocycles. The summed E-state index contributed by atoms with van der Waals surface area (Å²) < 4.78 is 5.39. The van der Waals surface area contributed by atoms with Crippen LogP contribution in [0.5, 0.6) is 5.75 Å². The van der Waals surface area contributed by atoms with Gasteiger partial charge in [0.1, 0.15) is 12.4 Å². The van der Waals surface area contributed by atoms with E-state index in [-0.39, 0.29) is 6.61 Å². The van der Waals surface area contributed by atoms with Gasteiger partial charge < -0.3 is 9.57 Å². The van der Waals surface area contributed by atoms with Crippen molar-refractivity contribution in [1.82, 2.24) is 0 Å². The summed E-state index contributed by atoms with van der Waals surface area (Å²) in [7, 11) is 0. The van der Waals surface area contributed by atoms with Gasteiger partial charge in [0.25, 0.3) is 0 Å². The molecule has 0 radical (unpaired) electrons. The highest BCUT2D eigenvalue weighted by Gasteiger charge is 2.23. The van der Waals surface area contributed by atoms with Crippen LogP contribution in [0.1, 0.15) is 12.5 Å². The lowest BCUT2D eigenvalue weighted by Crippen LogP contribution is -2.03. The Balaban J connectivity index is 2.50. The van der Waals surface area contributed by atoms with Gasteiger partial charge in [0.05, 0.1) is 16.3 Å². The van der Waals surface area contributed by atoms with Crippen LogP contribution < -0.4 is 4.74 Å². The van der Waals surface area contributed by atoms with Crippen molar-refractivity contribution < 1.29 is 14.4 Å². The fraction of sp³-hybridized carbons (Fsp3) is 0.143. The molecule has 0 saturated heterocycles. The quantitative estimate of drug-likeness (QED) is 0.489. The van der Waals surface area contributed by atoms with Crippen LogP contribution in [0.25, 0.3) is 6.08 Å². The Morgan fingerprint density at radius 3 is 2.85 bits per heavy atom. The zero-order valence-electron chi connectivity index (χ0n) is 10.4. The van der Waals surface area contributed by atoms with E-state index in [0.717, 1.165) is 0 Å². The first kappa shape index (κ1) is 14.4. The zero-order valence-corrected chi connectivity index (χ0v) is 12.0. The summed E-state index contributed by atoms with van der Waals surface area (Å²) in [6, 6.07) is 3.15. The second-order valence-electron chi connectivity index (χ2n) is 3.91. The Morgan fingerprint density at radius 2 is 2.25 bits per heavy atom. The molecule has 2 rings (SSSR count). The number of nitrogens with zero attached hydrogens (tertiary/aromatic N) is 1. The van der Waals surface area contributed by atoms with Crippen LogP contribution in [0.4, 0.5) is 0 Å². The van der Waals surface area contributed by atoms with Gasteiger partial charge in [0, 0.05) is 10.6 Å². The molecule has 0 spiro atoms. The lowest BCUT2D eigenvalue weighted by molar-refractivity contribution is -0.136. The third-order valence-corrected chi connectivity index (χ3v) is 3.01. The predicted octanol–water partition coefficient (Wildman–Crippen LogP) is 3.32. The highest BCUT2D eigenvalue weighted by Crippen LogP contribution is 2.34. The Morgan fingerprint density at radius 1 is 1.50 bits per heavy atom. The van der Waals surface area contributed by atoms with Gasteiger partial charge in [-0.3, -0.25) is 0 Å². The average Bonchev–Trinajstić information content (AvgIpc) is 2.69. The maximum Gasteiger partial charge on any atom is 0.367 e. The van der Waals surface area contributed by atoms with E-state index in [1.807, 2.05) is 0 Å². The van der Waals surface area contributed by atoms with E-state index in [1.54, 1.807) is 19.1 Å². The van der Waals surface area contributed by atoms with Crippen LogP contribution in [0.3, 0.4) is 0 Å². The van der Waals surface area contributed by atoms with Crippen molar-refractivity contribution >= 4 is 41.0 Å². The third kappa shape index (κ3) is 2.96. The van der Waals surface area contributed by atoms with Crippen molar-refractivity contribution in [2.75, 3.05) is 6.61 Å². The van der Waals surface area contributed by atoms with E-state index in [9.17, 15) is 4.79 Å². The fourth-order valence-corrected chi connectivity index (χ4v) is 2.19. The van der Waals surface area contributed by atoms with E-state index >= 15 is 0 Å². The lowest BCUT2D eigenvalue weighted by atomic mass is 10.1. The fourth-order valence-electron chi connectivity index (χ4n) is 1.63. The summed E-state index contributed by atoms with van der Waals surface area (Å²) >= 11 is 12.0. The minimum atomic E-state index is -0.540. The van der Waals surface area contributed by atoms with Gasteiger partial charge >= 0.3 is 5.97 Å². The topological polar surface area (TPSA) is 47.9 Å². The maximum atomic E-state index is 11.5. The smallest absolute Gasteiger partial charge is 0.367 e. The first-order valence-electron chi connectivity index (χ1n) is 5.56. The largest absolute Gasteiger partial charge is 0.479 e. The van der Waals surface area contributed by atoms with Crippen molar-refractivity contribution in [3.63, 3.8) is 0 Å². The molecule has 1 aromatic carbocycles. The Hall–Kier alpha value is -1.96. The average molecular weight is 310 g/mol. The molecule has 0 amide bonds. The van der Waals surface area contributed by atoms with Crippen LogP contribution in [-0.2, 0) is 9.63 Å². The number of rotatable bonds is 3. The number of carbonyl (C=O) groups excluding carboxylic acids is 1. The van der Waals surface area contributed by atoms with Gasteiger partial charge in [-0.1, -0.05) is 34.3 Å². The first-order chi connectivity index (χ1) is 9.52. The second-order valence-corrected chi connectivity index (χ2v) is 4.76. The number of oxime groups is 1. The van der Waals surface area contributed by atoms with Crippen LogP contribution >= 0.6 is 23.2 Å². The number of hydrogen-bond donors (Lipinski definition) is 0. The molecule has 0 fully saturated rings. The number of ether oxygens (including phenoxy) is 1. The van der Waals surface area contributed by atoms with Crippen molar-refractivity contribution in [3.8, 4) is 18.1 Å². The normalized spacial score (nSPS) is 15.8. The summed E-state index contributed by atoms with van der Waals surface area (Å²) in [5.41, 5.74) is 1.31. The van der Waals surface area contributed by atoms with Crippen LogP contribution in [0.15, 0.2) is 22.9 Å². The van der Waals surface area contributed by atoms with Gasteiger partial charge in [-0.05, 0) is 25.1 Å². The molecule has 4 nitrogen and oxygen atoms in total. The maximum absolute atomic E-state index is 11.5. The van der Waals surface area contributed by atoms with Gasteiger partial charge in [0.2, 0.25) is 0 Å². The number of halogens is 2. The molecule has 1 heterocycles. The Kier molecular flexibility index (Phi) is 4.33. The van der Waals surface area contributed by atoms with Gasteiger partial charge in [-0.25, -0.2) is 4.79 Å². The second kappa shape index (κ2) is 6.00.